The Morgan fingerprint density at radius 2 is 1.94 bits per heavy atom. The fourth-order valence-electron chi connectivity index (χ4n) is 2.21. The number of nitrogens with one attached hydrogen (secondary N) is 1. The summed E-state index contributed by atoms with van der Waals surface area (Å²) in [7, 11) is 3.71. The normalized spacial score (nSPS) is 12.4. The lowest BCUT2D eigenvalue weighted by Crippen LogP contribution is -2.18. The molecule has 1 unspecified atom stereocenters. The van der Waals surface area contributed by atoms with Crippen LogP contribution in [0.5, 0.6) is 5.75 Å². The van der Waals surface area contributed by atoms with Crippen LogP contribution in [0.25, 0.3) is 0 Å². The Morgan fingerprint density at radius 3 is 2.44 bits per heavy atom. The molecule has 2 nitrogen and oxygen atoms in total. The van der Waals surface area contributed by atoms with Crippen LogP contribution in [0.15, 0.2) is 29.6 Å². The van der Waals surface area contributed by atoms with Crippen molar-refractivity contribution in [1.29, 1.82) is 0 Å². The van der Waals surface area contributed by atoms with Gasteiger partial charge in [0.25, 0.3) is 0 Å². The summed E-state index contributed by atoms with van der Waals surface area (Å²) in [6.45, 7) is 4.29. The second kappa shape index (κ2) is 5.55. The van der Waals surface area contributed by atoms with Gasteiger partial charge in [-0.05, 0) is 61.2 Å². The van der Waals surface area contributed by atoms with E-state index >= 15 is 0 Å². The highest BCUT2D eigenvalue weighted by Crippen LogP contribution is 2.32. The van der Waals surface area contributed by atoms with Gasteiger partial charge in [-0.15, -0.1) is 11.3 Å². The van der Waals surface area contributed by atoms with E-state index in [9.17, 15) is 0 Å². The van der Waals surface area contributed by atoms with Gasteiger partial charge in [-0.2, -0.15) is 0 Å². The van der Waals surface area contributed by atoms with Crippen molar-refractivity contribution in [3.63, 3.8) is 0 Å². The lowest BCUT2D eigenvalue weighted by molar-refractivity contribution is 0.414. The van der Waals surface area contributed by atoms with Crippen molar-refractivity contribution in [3.8, 4) is 5.75 Å². The molecule has 1 atom stereocenters. The van der Waals surface area contributed by atoms with Gasteiger partial charge in [0.2, 0.25) is 0 Å². The van der Waals surface area contributed by atoms with Gasteiger partial charge in [0, 0.05) is 4.88 Å². The first-order chi connectivity index (χ1) is 8.67. The molecule has 1 aromatic carbocycles. The molecule has 96 valence electrons. The maximum Gasteiger partial charge on any atom is 0.119 e. The first-order valence-electron chi connectivity index (χ1n) is 6.03. The summed E-state index contributed by atoms with van der Waals surface area (Å²) in [5, 5.41) is 5.56. The van der Waals surface area contributed by atoms with Gasteiger partial charge in [0.05, 0.1) is 13.2 Å². The largest absolute Gasteiger partial charge is 0.497 e. The summed E-state index contributed by atoms with van der Waals surface area (Å²) in [6.07, 6.45) is 0. The molecule has 0 saturated heterocycles. The Balaban J connectivity index is 2.42. The average molecular weight is 261 g/mol. The third-order valence-electron chi connectivity index (χ3n) is 3.24. The number of thiophene rings is 1. The van der Waals surface area contributed by atoms with Crippen molar-refractivity contribution < 1.29 is 4.74 Å². The minimum atomic E-state index is 0.260. The first-order valence-corrected chi connectivity index (χ1v) is 6.91. The molecule has 2 aromatic rings. The van der Waals surface area contributed by atoms with Crippen LogP contribution in [0, 0.1) is 13.8 Å². The van der Waals surface area contributed by atoms with Gasteiger partial charge in [-0.1, -0.05) is 6.07 Å². The third-order valence-corrected chi connectivity index (χ3v) is 4.32. The number of aryl methyl sites for hydroxylation is 2. The topological polar surface area (TPSA) is 21.3 Å². The quantitative estimate of drug-likeness (QED) is 0.906. The van der Waals surface area contributed by atoms with Crippen molar-refractivity contribution in [3.05, 3.63) is 51.2 Å². The highest BCUT2D eigenvalue weighted by molar-refractivity contribution is 7.10. The summed E-state index contributed by atoms with van der Waals surface area (Å²) < 4.78 is 5.26. The van der Waals surface area contributed by atoms with Crippen LogP contribution in [-0.2, 0) is 0 Å². The summed E-state index contributed by atoms with van der Waals surface area (Å²) in [6, 6.07) is 8.69. The van der Waals surface area contributed by atoms with Crippen molar-refractivity contribution in [2.45, 2.75) is 19.9 Å². The monoisotopic (exact) mass is 261 g/mol. The molecule has 18 heavy (non-hydrogen) atoms. The molecule has 2 rings (SSSR count). The van der Waals surface area contributed by atoms with Crippen LogP contribution in [0.1, 0.15) is 27.6 Å². The summed E-state index contributed by atoms with van der Waals surface area (Å²) >= 11 is 1.80. The van der Waals surface area contributed by atoms with Crippen LogP contribution in [-0.4, -0.2) is 14.2 Å². The van der Waals surface area contributed by atoms with E-state index in [0.29, 0.717) is 0 Å². The van der Waals surface area contributed by atoms with Crippen LogP contribution in [0.3, 0.4) is 0 Å². The SMILES string of the molecule is CNC(c1ccc(OC)cc1C)c1sccc1C. The summed E-state index contributed by atoms with van der Waals surface area (Å²) in [5.41, 5.74) is 3.90. The fraction of sp³-hybridized carbons (Fsp3) is 0.333. The molecule has 0 aliphatic heterocycles. The fourth-order valence-corrected chi connectivity index (χ4v) is 3.26. The number of rotatable bonds is 4. The predicted molar refractivity (Wildman–Crippen MR) is 77.7 cm³/mol. The Bertz CT molecular complexity index is 533. The molecule has 0 saturated carbocycles. The van der Waals surface area contributed by atoms with E-state index in [0.717, 1.165) is 5.75 Å². The van der Waals surface area contributed by atoms with Crippen LogP contribution in [0.2, 0.25) is 0 Å². The maximum absolute atomic E-state index is 5.26. The highest BCUT2D eigenvalue weighted by Gasteiger charge is 2.17. The lowest BCUT2D eigenvalue weighted by atomic mass is 9.98. The zero-order valence-electron chi connectivity index (χ0n) is 11.3. The smallest absolute Gasteiger partial charge is 0.119 e. The Kier molecular flexibility index (Phi) is 4.04. The minimum Gasteiger partial charge on any atom is -0.497 e. The molecule has 0 fully saturated rings. The molecule has 1 N–H and O–H groups in total. The number of ether oxygens (including phenoxy) is 1. The van der Waals surface area contributed by atoms with Crippen LogP contribution < -0.4 is 10.1 Å². The van der Waals surface area contributed by atoms with Gasteiger partial charge in [-0.25, -0.2) is 0 Å². The Morgan fingerprint density at radius 1 is 1.17 bits per heavy atom. The predicted octanol–water partition coefficient (Wildman–Crippen LogP) is 3.68. The van der Waals surface area contributed by atoms with Crippen molar-refractivity contribution in [1.82, 2.24) is 5.32 Å². The molecule has 3 heteroatoms. The first kappa shape index (κ1) is 13.1. The average Bonchev–Trinajstić information content (AvgIpc) is 2.78. The molecule has 0 amide bonds. The van der Waals surface area contributed by atoms with E-state index in [1.165, 1.54) is 21.6 Å². The molecule has 0 spiro atoms. The van der Waals surface area contributed by atoms with Gasteiger partial charge in [-0.3, -0.25) is 0 Å². The number of hydrogen-bond donors (Lipinski definition) is 1. The van der Waals surface area contributed by atoms with Gasteiger partial charge in [0.1, 0.15) is 5.75 Å². The standard InChI is InChI=1S/C15H19NOS/c1-10-7-8-18-15(10)14(16-3)13-6-5-12(17-4)9-11(13)2/h5-9,14,16H,1-4H3. The van der Waals surface area contributed by atoms with E-state index in [2.05, 4.69) is 42.7 Å². The summed E-state index contributed by atoms with van der Waals surface area (Å²) in [4.78, 5) is 1.38. The van der Waals surface area contributed by atoms with Gasteiger partial charge in [0.15, 0.2) is 0 Å². The second-order valence-electron chi connectivity index (χ2n) is 4.41. The van der Waals surface area contributed by atoms with E-state index in [4.69, 9.17) is 4.74 Å². The molecule has 0 aliphatic rings. The molecular weight excluding hydrogens is 242 g/mol. The number of methoxy groups -OCH3 is 1. The third kappa shape index (κ3) is 2.42. The van der Waals surface area contributed by atoms with Crippen molar-refractivity contribution >= 4 is 11.3 Å². The van der Waals surface area contributed by atoms with Crippen LogP contribution >= 0.6 is 11.3 Å². The van der Waals surface area contributed by atoms with E-state index in [1.807, 2.05) is 13.1 Å². The van der Waals surface area contributed by atoms with Crippen molar-refractivity contribution in [2.75, 3.05) is 14.2 Å². The maximum atomic E-state index is 5.26. The minimum absolute atomic E-state index is 0.260. The van der Waals surface area contributed by atoms with Crippen LogP contribution in [0.4, 0.5) is 0 Å². The number of hydrogen-bond acceptors (Lipinski definition) is 3. The van der Waals surface area contributed by atoms with E-state index < -0.39 is 0 Å². The van der Waals surface area contributed by atoms with Crippen molar-refractivity contribution in [2.24, 2.45) is 0 Å². The zero-order valence-corrected chi connectivity index (χ0v) is 12.1. The van der Waals surface area contributed by atoms with E-state index in [1.54, 1.807) is 18.4 Å². The molecule has 0 aliphatic carbocycles. The molecule has 1 heterocycles. The highest BCUT2D eigenvalue weighted by atomic mass is 32.1. The molecule has 0 radical (unpaired) electrons. The Hall–Kier alpha value is -1.32. The number of benzene rings is 1. The molecular formula is C15H19NOS. The second-order valence-corrected chi connectivity index (χ2v) is 5.36. The zero-order chi connectivity index (χ0) is 13.1. The molecule has 0 bridgehead atoms. The molecule has 1 aromatic heterocycles. The van der Waals surface area contributed by atoms with Gasteiger partial charge >= 0.3 is 0 Å². The Labute approximate surface area is 113 Å². The van der Waals surface area contributed by atoms with E-state index in [-0.39, 0.29) is 6.04 Å². The van der Waals surface area contributed by atoms with Gasteiger partial charge < -0.3 is 10.1 Å². The lowest BCUT2D eigenvalue weighted by Gasteiger charge is -2.19. The summed E-state index contributed by atoms with van der Waals surface area (Å²) in [5.74, 6) is 0.911.